The number of hydrogen-bond donors (Lipinski definition) is 1. The lowest BCUT2D eigenvalue weighted by Crippen LogP contribution is -2.49. The van der Waals surface area contributed by atoms with E-state index in [9.17, 15) is 19.5 Å². The first-order valence-corrected chi connectivity index (χ1v) is 18.9. The van der Waals surface area contributed by atoms with Crippen LogP contribution >= 0.6 is 22.9 Å². The lowest BCUT2D eigenvalue weighted by atomic mass is 9.51. The molecule has 5 aromatic rings. The molecule has 0 bridgehead atoms. The highest BCUT2D eigenvalue weighted by molar-refractivity contribution is 7.22. The molecule has 4 amide bonds. The van der Waals surface area contributed by atoms with Gasteiger partial charge in [-0.1, -0.05) is 54.1 Å². The Hall–Kier alpha value is -5.39. The van der Waals surface area contributed by atoms with Crippen LogP contribution in [0.25, 0.3) is 26.7 Å². The Morgan fingerprint density at radius 1 is 0.981 bits per heavy atom. The van der Waals surface area contributed by atoms with Crippen molar-refractivity contribution >= 4 is 74.2 Å². The molecule has 272 valence electrons. The number of phenols is 1. The molecule has 1 saturated carbocycles. The molecule has 9 rings (SSSR count). The van der Waals surface area contributed by atoms with Crippen LogP contribution in [0, 0.1) is 41.8 Å². The van der Waals surface area contributed by atoms with E-state index < -0.39 is 58.4 Å². The van der Waals surface area contributed by atoms with Crippen LogP contribution in [0.3, 0.4) is 0 Å². The molecule has 1 N–H and O–H groups in total. The van der Waals surface area contributed by atoms with Crippen LogP contribution in [0.4, 0.5) is 15.9 Å². The highest BCUT2D eigenvalue weighted by Crippen LogP contribution is 2.64. The van der Waals surface area contributed by atoms with E-state index in [1.807, 2.05) is 31.2 Å². The average Bonchev–Trinajstić information content (AvgIpc) is 3.83. The highest BCUT2D eigenvalue weighted by atomic mass is 35.5. The summed E-state index contributed by atoms with van der Waals surface area (Å²) >= 11 is 7.84. The molecule has 3 aromatic carbocycles. The third-order valence-corrected chi connectivity index (χ3v) is 13.7. The summed E-state index contributed by atoms with van der Waals surface area (Å²) in [4.78, 5) is 61.4. The van der Waals surface area contributed by atoms with Crippen molar-refractivity contribution in [3.63, 3.8) is 0 Å². The monoisotopic (exact) mass is 760 g/mol. The largest absolute Gasteiger partial charge is 0.505 e. The van der Waals surface area contributed by atoms with Crippen molar-refractivity contribution in [2.24, 2.45) is 36.1 Å². The van der Waals surface area contributed by atoms with Crippen molar-refractivity contribution in [1.29, 1.82) is 0 Å². The number of amides is 4. The van der Waals surface area contributed by atoms with Crippen LogP contribution in [-0.2, 0) is 26.2 Å². The molecule has 2 aliphatic heterocycles. The average molecular weight is 761 g/mol. The number of halogens is 2. The van der Waals surface area contributed by atoms with E-state index in [0.717, 1.165) is 31.7 Å². The lowest BCUT2D eigenvalue weighted by molar-refractivity contribution is -0.131. The van der Waals surface area contributed by atoms with Gasteiger partial charge in [0.05, 0.1) is 33.7 Å². The zero-order chi connectivity index (χ0) is 38.0. The number of allylic oxidation sites excluding steroid dienone is 2. The van der Waals surface area contributed by atoms with E-state index in [1.165, 1.54) is 26.6 Å². The Labute approximate surface area is 318 Å². The van der Waals surface area contributed by atoms with Crippen LogP contribution in [0.1, 0.15) is 42.4 Å². The number of fused-ring (bicyclic) bond motifs is 5. The van der Waals surface area contributed by atoms with Crippen LogP contribution in [0.2, 0.25) is 5.02 Å². The maximum atomic E-state index is 15.2. The summed E-state index contributed by atoms with van der Waals surface area (Å²) in [6.07, 6.45) is 3.98. The summed E-state index contributed by atoms with van der Waals surface area (Å²) in [5.41, 5.74) is 2.59. The van der Waals surface area contributed by atoms with Crippen molar-refractivity contribution < 1.29 is 28.7 Å². The molecular weight excluding hydrogens is 727 g/mol. The van der Waals surface area contributed by atoms with E-state index in [1.54, 1.807) is 67.8 Å². The van der Waals surface area contributed by atoms with Gasteiger partial charge in [0.1, 0.15) is 11.5 Å². The zero-order valence-electron chi connectivity index (χ0n) is 29.5. The minimum atomic E-state index is -1.39. The maximum Gasteiger partial charge on any atom is 0.242 e. The van der Waals surface area contributed by atoms with Crippen molar-refractivity contribution in [3.05, 3.63) is 112 Å². The SMILES string of the molecule is C=Cc1ccc(N2C(=O)C3CC=C4C(CC5C(=O)N(c6cc(-c7sc8ccc(Cl)cc8c7C)nn6C)C(=O)C5(C)C4c4ccc(O)c(F)c4)C3C2=O)cc1. The molecule has 0 spiro atoms. The van der Waals surface area contributed by atoms with E-state index in [4.69, 9.17) is 16.7 Å². The molecule has 6 atom stereocenters. The maximum absolute atomic E-state index is 15.2. The Morgan fingerprint density at radius 2 is 1.74 bits per heavy atom. The number of phenolic OH excluding ortho intramolecular Hbond substituents is 1. The molecule has 3 fully saturated rings. The van der Waals surface area contributed by atoms with Gasteiger partial charge in [0.25, 0.3) is 0 Å². The molecule has 9 nitrogen and oxygen atoms in total. The molecule has 4 aliphatic rings. The van der Waals surface area contributed by atoms with E-state index in [0.29, 0.717) is 22.0 Å². The molecule has 2 aromatic heterocycles. The minimum absolute atomic E-state index is 0.144. The topological polar surface area (TPSA) is 113 Å². The number of benzene rings is 3. The van der Waals surface area contributed by atoms with Gasteiger partial charge in [0, 0.05) is 28.8 Å². The zero-order valence-corrected chi connectivity index (χ0v) is 31.1. The fourth-order valence-electron chi connectivity index (χ4n) is 9.55. The van der Waals surface area contributed by atoms with Gasteiger partial charge in [0.2, 0.25) is 23.6 Å². The number of nitrogens with zero attached hydrogens (tertiary/aromatic N) is 4. The van der Waals surface area contributed by atoms with Gasteiger partial charge in [-0.05, 0) is 97.1 Å². The third kappa shape index (κ3) is 4.70. The number of imide groups is 2. The van der Waals surface area contributed by atoms with Crippen molar-refractivity contribution in [1.82, 2.24) is 9.78 Å². The van der Waals surface area contributed by atoms with Gasteiger partial charge in [0.15, 0.2) is 11.6 Å². The second kappa shape index (κ2) is 12.1. The fourth-order valence-corrected chi connectivity index (χ4v) is 10.9. The first-order chi connectivity index (χ1) is 25.8. The number of rotatable bonds is 5. The first-order valence-electron chi connectivity index (χ1n) is 17.7. The van der Waals surface area contributed by atoms with E-state index in [2.05, 4.69) is 6.58 Å². The summed E-state index contributed by atoms with van der Waals surface area (Å²) in [6.45, 7) is 7.50. The van der Waals surface area contributed by atoms with Crippen LogP contribution in [0.5, 0.6) is 5.75 Å². The van der Waals surface area contributed by atoms with Crippen molar-refractivity contribution in [3.8, 4) is 16.3 Å². The number of carbonyl (C=O) groups is 4. The number of aryl methyl sites for hydroxylation is 2. The molecular formula is C42H34ClFN4O5S. The summed E-state index contributed by atoms with van der Waals surface area (Å²) in [5, 5.41) is 16.5. The van der Waals surface area contributed by atoms with Crippen LogP contribution < -0.4 is 9.80 Å². The predicted octanol–water partition coefficient (Wildman–Crippen LogP) is 8.19. The Balaban J connectivity index is 1.15. The fraction of sp³-hybridized carbons (Fsp3) is 0.262. The van der Waals surface area contributed by atoms with Crippen LogP contribution in [0.15, 0.2) is 85.0 Å². The normalized spacial score (nSPS) is 26.3. The molecule has 6 unspecified atom stereocenters. The number of aromatic hydroxyl groups is 1. The van der Waals surface area contributed by atoms with Crippen LogP contribution in [-0.4, -0.2) is 38.5 Å². The Kier molecular flexibility index (Phi) is 7.68. The highest BCUT2D eigenvalue weighted by Gasteiger charge is 2.68. The number of anilines is 2. The standard InChI is InChI=1S/C42H34ClFN4O5S/c1-5-21-6-10-24(11-7-21)47-38(50)26-13-12-25-28(35(26)40(47)52)18-29-39(51)48(41(53)42(29,3)36(25)22-8-14-32(49)30(44)16-22)34-19-31(45-46(34)4)37-20(2)27-17-23(43)9-15-33(27)54-37/h5-12,14-17,19,26,28-29,35-36,49H,1,13,18H2,2-4H3. The van der Waals surface area contributed by atoms with Gasteiger partial charge in [-0.2, -0.15) is 5.10 Å². The Morgan fingerprint density at radius 3 is 2.46 bits per heavy atom. The summed E-state index contributed by atoms with van der Waals surface area (Å²) in [5.74, 6) is -6.48. The molecule has 0 radical (unpaired) electrons. The molecule has 2 aliphatic carbocycles. The van der Waals surface area contributed by atoms with Crippen molar-refractivity contribution in [2.45, 2.75) is 32.6 Å². The minimum Gasteiger partial charge on any atom is -0.505 e. The predicted molar refractivity (Wildman–Crippen MR) is 205 cm³/mol. The van der Waals surface area contributed by atoms with Crippen molar-refractivity contribution in [2.75, 3.05) is 9.80 Å². The second-order valence-corrected chi connectivity index (χ2v) is 16.4. The second-order valence-electron chi connectivity index (χ2n) is 14.9. The number of carbonyl (C=O) groups excluding carboxylic acids is 4. The molecule has 54 heavy (non-hydrogen) atoms. The smallest absolute Gasteiger partial charge is 0.242 e. The first kappa shape index (κ1) is 34.4. The third-order valence-electron chi connectivity index (χ3n) is 12.2. The summed E-state index contributed by atoms with van der Waals surface area (Å²) in [6, 6.07) is 18.4. The quantitative estimate of drug-likeness (QED) is 0.143. The molecule has 4 heterocycles. The number of thiophene rings is 1. The molecule has 12 heteroatoms. The summed E-state index contributed by atoms with van der Waals surface area (Å²) < 4.78 is 17.7. The van der Waals surface area contributed by atoms with Gasteiger partial charge >= 0.3 is 0 Å². The van der Waals surface area contributed by atoms with Gasteiger partial charge in [-0.25, -0.2) is 9.29 Å². The van der Waals surface area contributed by atoms with Gasteiger partial charge in [-0.15, -0.1) is 11.3 Å². The Bertz CT molecular complexity index is 2540. The summed E-state index contributed by atoms with van der Waals surface area (Å²) in [7, 11) is 1.68. The lowest BCUT2D eigenvalue weighted by Gasteiger charge is -2.49. The van der Waals surface area contributed by atoms with Gasteiger partial charge < -0.3 is 5.11 Å². The van der Waals surface area contributed by atoms with E-state index >= 15 is 9.18 Å². The van der Waals surface area contributed by atoms with Gasteiger partial charge in [-0.3, -0.25) is 28.8 Å². The number of aromatic nitrogens is 2. The van der Waals surface area contributed by atoms with E-state index in [-0.39, 0.29) is 30.5 Å². The molecule has 2 saturated heterocycles. The number of hydrogen-bond acceptors (Lipinski definition) is 7.